The number of allylic oxidation sites excluding steroid dienone is 1. The van der Waals surface area contributed by atoms with E-state index in [0.717, 1.165) is 11.3 Å². The van der Waals surface area contributed by atoms with E-state index in [1.165, 1.54) is 11.0 Å². The van der Waals surface area contributed by atoms with E-state index in [4.69, 9.17) is 16.3 Å². The Labute approximate surface area is 186 Å². The monoisotopic (exact) mass is 437 g/mol. The predicted octanol–water partition coefficient (Wildman–Crippen LogP) is 4.26. The van der Waals surface area contributed by atoms with Crippen molar-refractivity contribution in [1.29, 1.82) is 0 Å². The zero-order valence-electron chi connectivity index (χ0n) is 17.7. The molecular weight excluding hydrogens is 414 g/mol. The molecule has 0 aliphatic carbocycles. The molecule has 2 aromatic carbocycles. The lowest BCUT2D eigenvalue weighted by atomic mass is 10.1. The summed E-state index contributed by atoms with van der Waals surface area (Å²) in [5.41, 5.74) is 2.98. The molecule has 0 saturated carbocycles. The molecule has 0 aliphatic rings. The highest BCUT2D eigenvalue weighted by Gasteiger charge is 2.13. The van der Waals surface area contributed by atoms with E-state index in [0.29, 0.717) is 28.6 Å². The van der Waals surface area contributed by atoms with Crippen LogP contribution in [-0.2, 0) is 11.3 Å². The molecule has 160 valence electrons. The average molecular weight is 438 g/mol. The second-order valence-electron chi connectivity index (χ2n) is 7.24. The smallest absolute Gasteiger partial charge is 0.259 e. The number of likely N-dealkylation sites (N-methyl/N-ethyl adjacent to an activating group) is 1. The number of benzene rings is 2. The van der Waals surface area contributed by atoms with Gasteiger partial charge in [0.15, 0.2) is 12.4 Å². The molecule has 1 amide bonds. The van der Waals surface area contributed by atoms with Gasteiger partial charge in [0.25, 0.3) is 5.91 Å². The van der Waals surface area contributed by atoms with E-state index in [2.05, 4.69) is 5.10 Å². The van der Waals surface area contributed by atoms with Gasteiger partial charge in [0.1, 0.15) is 10.9 Å². The van der Waals surface area contributed by atoms with Gasteiger partial charge < -0.3 is 9.64 Å². The number of hydrogen-bond acceptors (Lipinski definition) is 4. The van der Waals surface area contributed by atoms with E-state index in [-0.39, 0.29) is 18.3 Å². The quantitative estimate of drug-likeness (QED) is 0.390. The maximum atomic E-state index is 12.6. The Morgan fingerprint density at radius 2 is 1.87 bits per heavy atom. The molecule has 7 heteroatoms. The molecular formula is C24H24ClN3O3. The number of nitrogens with zero attached hydrogens (tertiary/aromatic N) is 3. The lowest BCUT2D eigenvalue weighted by Gasteiger charge is -2.11. The molecule has 1 heterocycles. The molecule has 1 aromatic heterocycles. The zero-order valence-corrected chi connectivity index (χ0v) is 18.5. The first-order valence-electron chi connectivity index (χ1n) is 9.77. The zero-order chi connectivity index (χ0) is 22.4. The van der Waals surface area contributed by atoms with E-state index >= 15 is 0 Å². The van der Waals surface area contributed by atoms with Gasteiger partial charge in [0.05, 0.1) is 12.2 Å². The molecule has 0 spiro atoms. The van der Waals surface area contributed by atoms with Gasteiger partial charge in [-0.15, -0.1) is 0 Å². The summed E-state index contributed by atoms with van der Waals surface area (Å²) < 4.78 is 7.19. The van der Waals surface area contributed by atoms with Crippen LogP contribution in [0.4, 0.5) is 0 Å². The summed E-state index contributed by atoms with van der Waals surface area (Å²) in [6.07, 6.45) is 3.14. The van der Waals surface area contributed by atoms with Crippen molar-refractivity contribution in [3.8, 4) is 5.75 Å². The van der Waals surface area contributed by atoms with Crippen molar-refractivity contribution in [2.45, 2.75) is 13.5 Å². The summed E-state index contributed by atoms with van der Waals surface area (Å²) in [5, 5.41) is 4.97. The standard InChI is InChI=1S/C24H24ClN3O3/c1-17-21(24(25)28(26-17)15-18-8-5-4-6-9-18)12-13-22(29)19-10-7-11-20(14-19)31-16-23(30)27(2)3/h4-14H,15-16H2,1-3H3/b13-12+. The van der Waals surface area contributed by atoms with Crippen LogP contribution in [0.2, 0.25) is 5.15 Å². The van der Waals surface area contributed by atoms with Gasteiger partial charge in [-0.05, 0) is 36.8 Å². The van der Waals surface area contributed by atoms with Gasteiger partial charge in [0, 0.05) is 25.2 Å². The highest BCUT2D eigenvalue weighted by molar-refractivity contribution is 6.31. The third-order valence-electron chi connectivity index (χ3n) is 4.67. The van der Waals surface area contributed by atoms with Crippen molar-refractivity contribution in [3.63, 3.8) is 0 Å². The molecule has 0 N–H and O–H groups in total. The van der Waals surface area contributed by atoms with Crippen molar-refractivity contribution in [2.24, 2.45) is 0 Å². The Morgan fingerprint density at radius 1 is 1.13 bits per heavy atom. The van der Waals surface area contributed by atoms with Crippen molar-refractivity contribution in [1.82, 2.24) is 14.7 Å². The fourth-order valence-electron chi connectivity index (χ4n) is 2.89. The van der Waals surface area contributed by atoms with Gasteiger partial charge in [-0.3, -0.25) is 9.59 Å². The Balaban J connectivity index is 1.71. The lowest BCUT2D eigenvalue weighted by Crippen LogP contribution is -2.27. The average Bonchev–Trinajstić information content (AvgIpc) is 3.03. The van der Waals surface area contributed by atoms with Gasteiger partial charge >= 0.3 is 0 Å². The molecule has 0 radical (unpaired) electrons. The van der Waals surface area contributed by atoms with Crippen LogP contribution in [0.1, 0.15) is 27.2 Å². The Morgan fingerprint density at radius 3 is 2.58 bits per heavy atom. The van der Waals surface area contributed by atoms with Crippen LogP contribution >= 0.6 is 11.6 Å². The van der Waals surface area contributed by atoms with Crippen molar-refractivity contribution >= 4 is 29.4 Å². The van der Waals surface area contributed by atoms with Gasteiger partial charge in [-0.2, -0.15) is 5.10 Å². The summed E-state index contributed by atoms with van der Waals surface area (Å²) in [4.78, 5) is 25.8. The normalized spacial score (nSPS) is 11.0. The summed E-state index contributed by atoms with van der Waals surface area (Å²) in [5.74, 6) is 0.101. The number of ether oxygens (including phenoxy) is 1. The van der Waals surface area contributed by atoms with Gasteiger partial charge in [-0.25, -0.2) is 4.68 Å². The van der Waals surface area contributed by atoms with Crippen LogP contribution in [0.25, 0.3) is 6.08 Å². The fourth-order valence-corrected chi connectivity index (χ4v) is 3.18. The molecule has 0 fully saturated rings. The van der Waals surface area contributed by atoms with Crippen LogP contribution in [-0.4, -0.2) is 47.1 Å². The van der Waals surface area contributed by atoms with Crippen molar-refractivity contribution in [3.05, 3.63) is 88.2 Å². The lowest BCUT2D eigenvalue weighted by molar-refractivity contribution is -0.130. The molecule has 0 atom stereocenters. The van der Waals surface area contributed by atoms with Crippen LogP contribution < -0.4 is 4.74 Å². The van der Waals surface area contributed by atoms with E-state index < -0.39 is 0 Å². The maximum Gasteiger partial charge on any atom is 0.259 e. The Hall–Kier alpha value is -3.38. The van der Waals surface area contributed by atoms with Crippen LogP contribution in [0.5, 0.6) is 5.75 Å². The first kappa shape index (κ1) is 22.3. The largest absolute Gasteiger partial charge is 0.484 e. The topological polar surface area (TPSA) is 64.4 Å². The first-order chi connectivity index (χ1) is 14.8. The molecule has 3 rings (SSSR count). The number of ketones is 1. The molecule has 0 aliphatic heterocycles. The van der Waals surface area contributed by atoms with Crippen LogP contribution in [0.3, 0.4) is 0 Å². The van der Waals surface area contributed by atoms with Gasteiger partial charge in [-0.1, -0.05) is 54.1 Å². The Bertz CT molecular complexity index is 1100. The summed E-state index contributed by atoms with van der Waals surface area (Å²) in [7, 11) is 3.32. The highest BCUT2D eigenvalue weighted by atomic mass is 35.5. The highest BCUT2D eigenvalue weighted by Crippen LogP contribution is 2.23. The van der Waals surface area contributed by atoms with Crippen LogP contribution in [0, 0.1) is 6.92 Å². The fraction of sp³-hybridized carbons (Fsp3) is 0.208. The first-order valence-corrected chi connectivity index (χ1v) is 10.1. The summed E-state index contributed by atoms with van der Waals surface area (Å²) >= 11 is 6.51. The summed E-state index contributed by atoms with van der Waals surface area (Å²) in [6.45, 7) is 2.32. The molecule has 6 nitrogen and oxygen atoms in total. The second-order valence-corrected chi connectivity index (χ2v) is 7.59. The third-order valence-corrected chi connectivity index (χ3v) is 5.06. The molecule has 31 heavy (non-hydrogen) atoms. The van der Waals surface area contributed by atoms with Gasteiger partial charge in [0.2, 0.25) is 0 Å². The number of hydrogen-bond donors (Lipinski definition) is 0. The SMILES string of the molecule is Cc1nn(Cc2ccccc2)c(Cl)c1/C=C/C(=O)c1cccc(OCC(=O)N(C)C)c1. The van der Waals surface area contributed by atoms with Crippen molar-refractivity contribution < 1.29 is 14.3 Å². The molecule has 3 aromatic rings. The number of carbonyl (C=O) groups is 2. The number of carbonyl (C=O) groups excluding carboxylic acids is 2. The summed E-state index contributed by atoms with van der Waals surface area (Å²) in [6, 6.07) is 16.6. The number of rotatable bonds is 8. The molecule has 0 unspecified atom stereocenters. The van der Waals surface area contributed by atoms with Crippen LogP contribution in [0.15, 0.2) is 60.7 Å². The Kier molecular flexibility index (Phi) is 7.26. The van der Waals surface area contributed by atoms with E-state index in [1.807, 2.05) is 37.3 Å². The predicted molar refractivity (Wildman–Crippen MR) is 122 cm³/mol. The van der Waals surface area contributed by atoms with Crippen molar-refractivity contribution in [2.75, 3.05) is 20.7 Å². The number of aromatic nitrogens is 2. The molecule has 0 bridgehead atoms. The number of aryl methyl sites for hydroxylation is 1. The second kappa shape index (κ2) is 10.1. The van der Waals surface area contributed by atoms with E-state index in [9.17, 15) is 9.59 Å². The molecule has 0 saturated heterocycles. The number of halogens is 1. The minimum absolute atomic E-state index is 0.0874. The maximum absolute atomic E-state index is 12.6. The minimum atomic E-state index is -0.198. The van der Waals surface area contributed by atoms with E-state index in [1.54, 1.807) is 49.1 Å². The third kappa shape index (κ3) is 5.83. The number of amides is 1. The minimum Gasteiger partial charge on any atom is -0.484 e.